The molecule has 0 aliphatic rings. The Labute approximate surface area is 131 Å². The monoisotopic (exact) mass is 307 g/mol. The third-order valence-corrected chi connectivity index (χ3v) is 3.20. The van der Waals surface area contributed by atoms with Crippen molar-refractivity contribution in [3.8, 4) is 5.75 Å². The first-order chi connectivity index (χ1) is 10.5. The lowest BCUT2D eigenvalue weighted by atomic mass is 10.1. The maximum absolute atomic E-state index is 10.8. The summed E-state index contributed by atoms with van der Waals surface area (Å²) in [5.41, 5.74) is 5.71. The molecule has 1 atom stereocenters. The molecule has 122 valence electrons. The summed E-state index contributed by atoms with van der Waals surface area (Å²) < 4.78 is 15.2. The van der Waals surface area contributed by atoms with E-state index in [-0.39, 0.29) is 5.76 Å². The molecule has 1 aromatic carbocycles. The Hall–Kier alpha value is -2.01. The smallest absolute Gasteiger partial charge is 0.284 e. The van der Waals surface area contributed by atoms with Gasteiger partial charge in [0.2, 0.25) is 0 Å². The molecule has 22 heavy (non-hydrogen) atoms. The Morgan fingerprint density at radius 2 is 2.05 bits per heavy atom. The molecule has 1 amide bonds. The number of hydrogen-bond acceptors (Lipinski definition) is 4. The van der Waals surface area contributed by atoms with Gasteiger partial charge < -0.3 is 19.6 Å². The maximum Gasteiger partial charge on any atom is 0.284 e. The number of carbonyl (C=O) groups is 1. The number of furan rings is 1. The van der Waals surface area contributed by atoms with E-state index in [9.17, 15) is 4.79 Å². The van der Waals surface area contributed by atoms with Gasteiger partial charge in [-0.2, -0.15) is 0 Å². The van der Waals surface area contributed by atoms with Crippen molar-refractivity contribution in [2.24, 2.45) is 11.7 Å². The van der Waals surface area contributed by atoms with Crippen LogP contribution < -0.4 is 10.5 Å². The van der Waals surface area contributed by atoms with E-state index in [1.165, 1.54) is 12.8 Å². The average molecular weight is 307 g/mol. The Bertz CT molecular complexity index is 585. The van der Waals surface area contributed by atoms with Crippen LogP contribution in [0.3, 0.4) is 0 Å². The van der Waals surface area contributed by atoms with Gasteiger partial charge in [0.25, 0.3) is 5.91 Å². The minimum Gasteiger partial charge on any atom is -0.497 e. The summed E-state index contributed by atoms with van der Waals surface area (Å²) in [4.78, 5) is 10.8. The molecule has 5 nitrogen and oxygen atoms in total. The minimum absolute atomic E-state index is 0.160. The van der Waals surface area contributed by atoms with E-state index in [4.69, 9.17) is 19.6 Å². The predicted molar refractivity (Wildman–Crippen MR) is 87.2 cm³/mol. The molecule has 0 bridgehead atoms. The molecule has 1 unspecified atom stereocenters. The minimum atomic E-state index is -0.569. The molecule has 5 heteroatoms. The molecule has 0 radical (unpaired) electrons. The van der Waals surface area contributed by atoms with Crippen molar-refractivity contribution >= 4 is 16.9 Å². The number of carbonyl (C=O) groups excluding carboxylic acids is 1. The molecule has 0 saturated carbocycles. The van der Waals surface area contributed by atoms with Crippen molar-refractivity contribution in [3.63, 3.8) is 0 Å². The van der Waals surface area contributed by atoms with Crippen LogP contribution in [0, 0.1) is 5.92 Å². The molecule has 0 spiro atoms. The van der Waals surface area contributed by atoms with E-state index < -0.39 is 5.91 Å². The summed E-state index contributed by atoms with van der Waals surface area (Å²) in [5, 5.41) is 0.804. The van der Waals surface area contributed by atoms with E-state index >= 15 is 0 Å². The third-order valence-electron chi connectivity index (χ3n) is 3.20. The number of methoxy groups -OCH3 is 2. The first-order valence-corrected chi connectivity index (χ1v) is 7.38. The topological polar surface area (TPSA) is 74.7 Å². The third kappa shape index (κ3) is 5.41. The summed E-state index contributed by atoms with van der Waals surface area (Å²) in [6.07, 6.45) is 2.55. The van der Waals surface area contributed by atoms with E-state index in [1.807, 2.05) is 0 Å². The molecule has 1 aromatic heterocycles. The van der Waals surface area contributed by atoms with Crippen LogP contribution in [0.4, 0.5) is 0 Å². The number of primary amides is 1. The standard InChI is InChI=1S/C10H9NO3.C7H16O/c1-13-7-2-3-8-6(4-7)5-9(14-8)10(11)12;1-4-5-7(2)6-8-3/h2-5H,1H3,(H2,11,12);7H,4-6H2,1-3H3. The number of fused-ring (bicyclic) bond motifs is 1. The van der Waals surface area contributed by atoms with E-state index in [0.29, 0.717) is 11.3 Å². The van der Waals surface area contributed by atoms with Gasteiger partial charge in [-0.1, -0.05) is 20.3 Å². The SMILES string of the molecule is CCCC(C)COC.COc1ccc2oc(C(N)=O)cc2c1. The van der Waals surface area contributed by atoms with Gasteiger partial charge in [-0.15, -0.1) is 0 Å². The number of nitrogens with two attached hydrogens (primary N) is 1. The maximum atomic E-state index is 10.8. The lowest BCUT2D eigenvalue weighted by Gasteiger charge is -2.06. The number of benzene rings is 1. The molecule has 0 aliphatic carbocycles. The molecule has 2 rings (SSSR count). The lowest BCUT2D eigenvalue weighted by molar-refractivity contribution is 0.0976. The van der Waals surface area contributed by atoms with Gasteiger partial charge in [0.15, 0.2) is 5.76 Å². The zero-order valence-corrected chi connectivity index (χ0v) is 13.7. The Morgan fingerprint density at radius 1 is 1.32 bits per heavy atom. The van der Waals surface area contributed by atoms with E-state index in [0.717, 1.165) is 17.9 Å². The fraction of sp³-hybridized carbons (Fsp3) is 0.471. The van der Waals surface area contributed by atoms with Gasteiger partial charge in [0.1, 0.15) is 11.3 Å². The van der Waals surface area contributed by atoms with Crippen LogP contribution in [0.15, 0.2) is 28.7 Å². The van der Waals surface area contributed by atoms with Crippen LogP contribution >= 0.6 is 0 Å². The van der Waals surface area contributed by atoms with Gasteiger partial charge in [-0.3, -0.25) is 4.79 Å². The highest BCUT2D eigenvalue weighted by atomic mass is 16.5. The average Bonchev–Trinajstić information content (AvgIpc) is 2.91. The van der Waals surface area contributed by atoms with Crippen LogP contribution in [0.1, 0.15) is 37.2 Å². The van der Waals surface area contributed by atoms with Crippen molar-refractivity contribution in [1.82, 2.24) is 0 Å². The van der Waals surface area contributed by atoms with Gasteiger partial charge >= 0.3 is 0 Å². The van der Waals surface area contributed by atoms with Crippen LogP contribution in [0.2, 0.25) is 0 Å². The Balaban J connectivity index is 0.000000261. The summed E-state index contributed by atoms with van der Waals surface area (Å²) in [7, 11) is 3.34. The van der Waals surface area contributed by atoms with Gasteiger partial charge in [-0.05, 0) is 36.6 Å². The summed E-state index contributed by atoms with van der Waals surface area (Å²) in [5.74, 6) is 1.05. The lowest BCUT2D eigenvalue weighted by Crippen LogP contribution is -2.08. The first kappa shape index (κ1) is 18.0. The number of rotatable bonds is 6. The van der Waals surface area contributed by atoms with Crippen molar-refractivity contribution in [3.05, 3.63) is 30.0 Å². The summed E-state index contributed by atoms with van der Waals surface area (Å²) >= 11 is 0. The highest BCUT2D eigenvalue weighted by Crippen LogP contribution is 2.23. The number of hydrogen-bond donors (Lipinski definition) is 1. The predicted octanol–water partition coefficient (Wildman–Crippen LogP) is 3.61. The molecular formula is C17H25NO4. The van der Waals surface area contributed by atoms with E-state index in [1.54, 1.807) is 38.5 Å². The highest BCUT2D eigenvalue weighted by Gasteiger charge is 2.08. The number of amides is 1. The highest BCUT2D eigenvalue weighted by molar-refractivity contribution is 5.95. The molecule has 0 saturated heterocycles. The summed E-state index contributed by atoms with van der Waals surface area (Å²) in [6.45, 7) is 5.33. The van der Waals surface area contributed by atoms with Crippen LogP contribution in [0.5, 0.6) is 5.75 Å². The Morgan fingerprint density at radius 3 is 2.59 bits per heavy atom. The quantitative estimate of drug-likeness (QED) is 0.884. The van der Waals surface area contributed by atoms with Crippen LogP contribution in [-0.2, 0) is 4.74 Å². The van der Waals surface area contributed by atoms with Crippen molar-refractivity contribution in [1.29, 1.82) is 0 Å². The van der Waals surface area contributed by atoms with Gasteiger partial charge in [0, 0.05) is 19.1 Å². The number of ether oxygens (including phenoxy) is 2. The van der Waals surface area contributed by atoms with Gasteiger partial charge in [-0.25, -0.2) is 0 Å². The first-order valence-electron chi connectivity index (χ1n) is 7.38. The largest absolute Gasteiger partial charge is 0.497 e. The Kier molecular flexibility index (Phi) is 7.46. The second kappa shape index (κ2) is 9.10. The molecule has 0 aliphatic heterocycles. The zero-order valence-electron chi connectivity index (χ0n) is 13.7. The second-order valence-corrected chi connectivity index (χ2v) is 5.23. The second-order valence-electron chi connectivity index (χ2n) is 5.23. The zero-order chi connectivity index (χ0) is 16.5. The molecular weight excluding hydrogens is 282 g/mol. The van der Waals surface area contributed by atoms with Crippen molar-refractivity contribution < 1.29 is 18.7 Å². The van der Waals surface area contributed by atoms with E-state index in [2.05, 4.69) is 13.8 Å². The van der Waals surface area contributed by atoms with Crippen molar-refractivity contribution in [2.75, 3.05) is 20.8 Å². The fourth-order valence-electron chi connectivity index (χ4n) is 2.13. The van der Waals surface area contributed by atoms with Crippen LogP contribution in [0.25, 0.3) is 11.0 Å². The molecule has 2 aromatic rings. The van der Waals surface area contributed by atoms with Crippen molar-refractivity contribution in [2.45, 2.75) is 26.7 Å². The molecule has 0 fully saturated rings. The molecule has 2 N–H and O–H groups in total. The normalized spacial score (nSPS) is 11.6. The van der Waals surface area contributed by atoms with Gasteiger partial charge in [0.05, 0.1) is 7.11 Å². The molecule has 1 heterocycles. The van der Waals surface area contributed by atoms with Crippen LogP contribution in [-0.4, -0.2) is 26.7 Å². The fourth-order valence-corrected chi connectivity index (χ4v) is 2.13. The summed E-state index contributed by atoms with van der Waals surface area (Å²) in [6, 6.07) is 6.88.